The van der Waals surface area contributed by atoms with Gasteiger partial charge in [0.1, 0.15) is 6.04 Å². The molecule has 1 unspecified atom stereocenters. The lowest BCUT2D eigenvalue weighted by molar-refractivity contribution is -0.139. The van der Waals surface area contributed by atoms with Crippen molar-refractivity contribution in [1.29, 1.82) is 0 Å². The molecule has 3 rings (SSSR count). The summed E-state index contributed by atoms with van der Waals surface area (Å²) in [5.74, 6) is -0.837. The number of fused-ring (bicyclic) bond motifs is 1. The van der Waals surface area contributed by atoms with Gasteiger partial charge in [0.2, 0.25) is 17.7 Å². The van der Waals surface area contributed by atoms with Crippen molar-refractivity contribution >= 4 is 26.1 Å². The van der Waals surface area contributed by atoms with E-state index < -0.39 is 14.4 Å². The number of likely N-dealkylation sites (N-methyl/N-ethyl adjacent to an activating group) is 1. The van der Waals surface area contributed by atoms with Crippen LogP contribution in [0.1, 0.15) is 35.6 Å². The van der Waals surface area contributed by atoms with Crippen molar-refractivity contribution in [3.8, 4) is 0 Å². The molecule has 2 aromatic carbocycles. The maximum Gasteiger partial charge on any atom is 0.245 e. The summed E-state index contributed by atoms with van der Waals surface area (Å²) < 4.78 is 0. The highest BCUT2D eigenvalue weighted by Crippen LogP contribution is 2.29. The number of carbonyl (C=O) groups is 3. The lowest BCUT2D eigenvalue weighted by Crippen LogP contribution is -2.53. The lowest BCUT2D eigenvalue weighted by atomic mass is 10.0. The topological polar surface area (TPSA) is 131 Å². The molecule has 0 fully saturated rings. The normalized spacial score (nSPS) is 13.8. The minimum atomic E-state index is -2.03. The molecule has 1 aliphatic rings. The van der Waals surface area contributed by atoms with Crippen LogP contribution in [0.5, 0.6) is 0 Å². The van der Waals surface area contributed by atoms with Gasteiger partial charge < -0.3 is 30.6 Å². The fourth-order valence-corrected chi connectivity index (χ4v) is 5.19. The third kappa shape index (κ3) is 8.90. The predicted molar refractivity (Wildman–Crippen MR) is 144 cm³/mol. The van der Waals surface area contributed by atoms with E-state index in [-0.39, 0.29) is 49.4 Å². The average molecular weight is 529 g/mol. The van der Waals surface area contributed by atoms with Gasteiger partial charge in [-0.05, 0) is 48.6 Å². The van der Waals surface area contributed by atoms with E-state index in [1.54, 1.807) is 19.2 Å². The molecule has 0 radical (unpaired) electrons. The summed E-state index contributed by atoms with van der Waals surface area (Å²) in [4.78, 5) is 58.9. The Morgan fingerprint density at radius 2 is 1.62 bits per heavy atom. The highest BCUT2D eigenvalue weighted by molar-refractivity contribution is 7.44. The van der Waals surface area contributed by atoms with Crippen molar-refractivity contribution in [3.05, 3.63) is 70.8 Å². The molecule has 0 saturated heterocycles. The number of carbonyl (C=O) groups excluding carboxylic acids is 3. The second-order valence-electron chi connectivity index (χ2n) is 9.40. The number of nitrogens with zero attached hydrogens (tertiary/aromatic N) is 1. The molecule has 0 aliphatic heterocycles. The molecule has 3 amide bonds. The number of rotatable bonds is 13. The largest absolute Gasteiger partial charge is 0.351 e. The van der Waals surface area contributed by atoms with Crippen LogP contribution in [0.3, 0.4) is 0 Å². The Labute approximate surface area is 219 Å². The quantitative estimate of drug-likeness (QED) is 0.249. The first kappa shape index (κ1) is 28.7. The molecule has 0 heterocycles. The Kier molecular flexibility index (Phi) is 11.0. The van der Waals surface area contributed by atoms with E-state index in [9.17, 15) is 24.2 Å². The number of nitrogens with one attached hydrogen (secondary N) is 3. The van der Waals surface area contributed by atoms with Crippen LogP contribution in [0.15, 0.2) is 48.5 Å². The van der Waals surface area contributed by atoms with Gasteiger partial charge in [-0.1, -0.05) is 55.5 Å². The molecule has 0 aromatic heterocycles. The van der Waals surface area contributed by atoms with Crippen molar-refractivity contribution in [2.45, 2.75) is 50.9 Å². The van der Waals surface area contributed by atoms with Gasteiger partial charge in [-0.15, -0.1) is 0 Å². The first-order chi connectivity index (χ1) is 17.8. The van der Waals surface area contributed by atoms with Crippen LogP contribution in [0.25, 0.3) is 0 Å². The SMILES string of the molecule is CCCN(CC(=O)NC1Cc2ccccc2C1)C(=O)C(Cc1ccc(CP(O)O)cc1)NC(=O)CNC. The molecule has 5 N–H and O–H groups in total. The second kappa shape index (κ2) is 14.2. The number of hydrogen-bond donors (Lipinski definition) is 5. The van der Waals surface area contributed by atoms with Crippen molar-refractivity contribution in [3.63, 3.8) is 0 Å². The summed E-state index contributed by atoms with van der Waals surface area (Å²) in [5.41, 5.74) is 4.07. The predicted octanol–water partition coefficient (Wildman–Crippen LogP) is 1.25. The Hall–Kier alpha value is -2.84. The first-order valence-electron chi connectivity index (χ1n) is 12.6. The molecule has 1 atom stereocenters. The third-order valence-corrected chi connectivity index (χ3v) is 6.96. The highest BCUT2D eigenvalue weighted by atomic mass is 31.2. The van der Waals surface area contributed by atoms with Gasteiger partial charge in [0.05, 0.1) is 13.1 Å². The van der Waals surface area contributed by atoms with E-state index >= 15 is 0 Å². The third-order valence-electron chi connectivity index (χ3n) is 6.31. The minimum absolute atomic E-state index is 0.00647. The molecule has 0 saturated carbocycles. The van der Waals surface area contributed by atoms with Crippen LogP contribution in [-0.4, -0.2) is 71.2 Å². The van der Waals surface area contributed by atoms with Gasteiger partial charge in [0.15, 0.2) is 8.38 Å². The summed E-state index contributed by atoms with van der Waals surface area (Å²) in [6.45, 7) is 2.32. The molecule has 1 aliphatic carbocycles. The average Bonchev–Trinajstić information content (AvgIpc) is 3.26. The number of hydrogen-bond acceptors (Lipinski definition) is 6. The molecular weight excluding hydrogens is 491 g/mol. The van der Waals surface area contributed by atoms with E-state index in [2.05, 4.69) is 28.1 Å². The van der Waals surface area contributed by atoms with Crippen LogP contribution >= 0.6 is 8.38 Å². The van der Waals surface area contributed by atoms with Crippen LogP contribution in [-0.2, 0) is 39.8 Å². The van der Waals surface area contributed by atoms with Crippen molar-refractivity contribution in [1.82, 2.24) is 20.9 Å². The Morgan fingerprint density at radius 1 is 1.00 bits per heavy atom. The molecule has 2 aromatic rings. The van der Waals surface area contributed by atoms with E-state index in [0.717, 1.165) is 24.0 Å². The molecule has 37 heavy (non-hydrogen) atoms. The smallest absolute Gasteiger partial charge is 0.245 e. The van der Waals surface area contributed by atoms with Gasteiger partial charge in [0, 0.05) is 25.2 Å². The van der Waals surface area contributed by atoms with Gasteiger partial charge >= 0.3 is 0 Å². The zero-order valence-electron chi connectivity index (χ0n) is 21.4. The minimum Gasteiger partial charge on any atom is -0.351 e. The number of benzene rings is 2. The van der Waals surface area contributed by atoms with Gasteiger partial charge in [-0.25, -0.2) is 0 Å². The lowest BCUT2D eigenvalue weighted by Gasteiger charge is -2.28. The van der Waals surface area contributed by atoms with E-state index in [4.69, 9.17) is 0 Å². The molecule has 9 nitrogen and oxygen atoms in total. The Bertz CT molecular complexity index is 1040. The first-order valence-corrected chi connectivity index (χ1v) is 14.0. The molecule has 0 spiro atoms. The summed E-state index contributed by atoms with van der Waals surface area (Å²) in [7, 11) is -0.378. The van der Waals surface area contributed by atoms with Crippen LogP contribution in [0, 0.1) is 0 Å². The van der Waals surface area contributed by atoms with E-state index in [1.165, 1.54) is 16.0 Å². The summed E-state index contributed by atoms with van der Waals surface area (Å²) >= 11 is 0. The zero-order chi connectivity index (χ0) is 26.8. The van der Waals surface area contributed by atoms with Gasteiger partial charge in [-0.2, -0.15) is 0 Å². The molecule has 10 heteroatoms. The molecule has 0 bridgehead atoms. The maximum atomic E-state index is 13.6. The summed E-state index contributed by atoms with van der Waals surface area (Å²) in [5, 5.41) is 8.67. The van der Waals surface area contributed by atoms with Crippen LogP contribution < -0.4 is 16.0 Å². The van der Waals surface area contributed by atoms with E-state index in [1.807, 2.05) is 31.2 Å². The van der Waals surface area contributed by atoms with Gasteiger partial charge in [0.25, 0.3) is 0 Å². The standard InChI is InChI=1S/C27H37N4O5P/c1-3-12-31(17-26(33)29-23-14-21-6-4-5-7-22(21)15-23)27(34)24(30-25(32)16-28-2)13-19-8-10-20(11-9-19)18-37(35)36/h4-11,23-24,28,35-36H,3,12-18H2,1-2H3,(H,29,33)(H,30,32). The van der Waals surface area contributed by atoms with E-state index in [0.29, 0.717) is 13.0 Å². The van der Waals surface area contributed by atoms with Crippen LogP contribution in [0.2, 0.25) is 0 Å². The monoisotopic (exact) mass is 528 g/mol. The summed E-state index contributed by atoms with van der Waals surface area (Å²) in [6, 6.07) is 14.5. The highest BCUT2D eigenvalue weighted by Gasteiger charge is 2.29. The second-order valence-corrected chi connectivity index (χ2v) is 10.5. The van der Waals surface area contributed by atoms with Crippen molar-refractivity contribution in [2.24, 2.45) is 0 Å². The Morgan fingerprint density at radius 3 is 2.19 bits per heavy atom. The van der Waals surface area contributed by atoms with Crippen LogP contribution in [0.4, 0.5) is 0 Å². The number of amides is 3. The summed E-state index contributed by atoms with van der Waals surface area (Å²) in [6.07, 6.45) is 2.64. The molecular formula is C27H37N4O5P. The fourth-order valence-electron chi connectivity index (χ4n) is 4.65. The Balaban J connectivity index is 1.67. The maximum absolute atomic E-state index is 13.6. The van der Waals surface area contributed by atoms with Crippen molar-refractivity contribution < 1.29 is 24.2 Å². The fraction of sp³-hybridized carbons (Fsp3) is 0.444. The van der Waals surface area contributed by atoms with Gasteiger partial charge in [-0.3, -0.25) is 14.4 Å². The zero-order valence-corrected chi connectivity index (χ0v) is 22.3. The van der Waals surface area contributed by atoms with Crippen molar-refractivity contribution in [2.75, 3.05) is 26.7 Å². The molecule has 200 valence electrons.